The van der Waals surface area contributed by atoms with Crippen LogP contribution in [0.25, 0.3) is 0 Å². The molecule has 0 radical (unpaired) electrons. The average Bonchev–Trinajstić information content (AvgIpc) is 2.84. The van der Waals surface area contributed by atoms with E-state index in [2.05, 4.69) is 10.6 Å². The lowest BCUT2D eigenvalue weighted by molar-refractivity contribution is -0.138. The molecule has 0 saturated carbocycles. The minimum absolute atomic E-state index is 0.178. The molecule has 2 atom stereocenters. The molecule has 0 aliphatic rings. The number of anilines is 1. The summed E-state index contributed by atoms with van der Waals surface area (Å²) in [5.74, 6) is -1.90. The van der Waals surface area contributed by atoms with Gasteiger partial charge in [-0.3, -0.25) is 9.59 Å². The molecule has 36 heavy (non-hydrogen) atoms. The number of hydrogen-bond acceptors (Lipinski definition) is 4. The molecule has 3 aromatic carbocycles. The molecule has 0 fully saturated rings. The Kier molecular flexibility index (Phi) is 8.90. The summed E-state index contributed by atoms with van der Waals surface area (Å²) in [4.78, 5) is 26.0. The van der Waals surface area contributed by atoms with Gasteiger partial charge in [0, 0.05) is 9.99 Å². The van der Waals surface area contributed by atoms with E-state index in [0.717, 1.165) is 6.07 Å². The molecule has 11 heteroatoms. The zero-order valence-electron chi connectivity index (χ0n) is 18.9. The predicted molar refractivity (Wildman–Crippen MR) is 135 cm³/mol. The van der Waals surface area contributed by atoms with Gasteiger partial charge in [0.05, 0.1) is 18.4 Å². The maximum absolute atomic E-state index is 14.3. The third-order valence-corrected chi connectivity index (χ3v) is 6.00. The molecular formula is C25H22F4IN3O3. The number of hydrogen-bond donors (Lipinski definition) is 3. The summed E-state index contributed by atoms with van der Waals surface area (Å²) in [5.41, 5.74) is 5.09. The topological polar surface area (TPSA) is 93.4 Å². The average molecular weight is 615 g/mol. The van der Waals surface area contributed by atoms with Crippen LogP contribution in [0, 0.1) is 9.39 Å². The summed E-state index contributed by atoms with van der Waals surface area (Å²) in [7, 11) is 1.47. The van der Waals surface area contributed by atoms with Gasteiger partial charge in [-0.2, -0.15) is 13.2 Å². The molecule has 0 saturated heterocycles. The van der Waals surface area contributed by atoms with Crippen molar-refractivity contribution in [3.8, 4) is 5.75 Å². The van der Waals surface area contributed by atoms with Crippen molar-refractivity contribution in [2.45, 2.75) is 24.7 Å². The van der Waals surface area contributed by atoms with Crippen LogP contribution in [0.5, 0.6) is 5.75 Å². The lowest BCUT2D eigenvalue weighted by atomic mass is 9.98. The van der Waals surface area contributed by atoms with Gasteiger partial charge in [0.25, 0.3) is 0 Å². The second-order valence-electron chi connectivity index (χ2n) is 7.78. The second-order valence-corrected chi connectivity index (χ2v) is 9.03. The van der Waals surface area contributed by atoms with Crippen molar-refractivity contribution < 1.29 is 31.9 Å². The third kappa shape index (κ3) is 6.94. The number of methoxy groups -OCH3 is 1. The first-order chi connectivity index (χ1) is 17.0. The summed E-state index contributed by atoms with van der Waals surface area (Å²) < 4.78 is 60.6. The minimum atomic E-state index is -4.68. The van der Waals surface area contributed by atoms with E-state index in [-0.39, 0.29) is 11.3 Å². The largest absolute Gasteiger partial charge is 0.497 e. The quantitative estimate of drug-likeness (QED) is 0.250. The van der Waals surface area contributed by atoms with E-state index in [0.29, 0.717) is 14.9 Å². The zero-order chi connectivity index (χ0) is 26.5. The van der Waals surface area contributed by atoms with Gasteiger partial charge in [0.2, 0.25) is 11.8 Å². The van der Waals surface area contributed by atoms with E-state index in [1.54, 1.807) is 30.3 Å². The molecule has 0 aromatic heterocycles. The Hall–Kier alpha value is -3.19. The van der Waals surface area contributed by atoms with Gasteiger partial charge in [0.15, 0.2) is 0 Å². The molecule has 3 rings (SSSR count). The van der Waals surface area contributed by atoms with Crippen molar-refractivity contribution in [3.05, 3.63) is 92.8 Å². The Morgan fingerprint density at radius 2 is 1.69 bits per heavy atom. The molecule has 4 N–H and O–H groups in total. The SMILES string of the molecule is COc1ccc([C@@H](N)C(=O)NC(Cc2ccccc2C(F)(F)F)C(=O)Nc2ccc(I)cc2F)cc1. The summed E-state index contributed by atoms with van der Waals surface area (Å²) in [5, 5.41) is 4.77. The number of halogens is 5. The van der Waals surface area contributed by atoms with Crippen molar-refractivity contribution in [2.24, 2.45) is 5.73 Å². The molecule has 0 bridgehead atoms. The Morgan fingerprint density at radius 1 is 1.03 bits per heavy atom. The monoisotopic (exact) mass is 615 g/mol. The molecule has 6 nitrogen and oxygen atoms in total. The van der Waals surface area contributed by atoms with Gasteiger partial charge >= 0.3 is 6.18 Å². The van der Waals surface area contributed by atoms with Crippen LogP contribution in [0.15, 0.2) is 66.7 Å². The number of amides is 2. The fourth-order valence-electron chi connectivity index (χ4n) is 3.44. The van der Waals surface area contributed by atoms with Crippen LogP contribution in [0.4, 0.5) is 23.2 Å². The van der Waals surface area contributed by atoms with Crippen LogP contribution in [0.1, 0.15) is 22.7 Å². The zero-order valence-corrected chi connectivity index (χ0v) is 21.1. The molecule has 3 aromatic rings. The standard InChI is InChI=1S/C25H22F4IN3O3/c1-36-17-9-6-14(7-10-17)22(31)24(35)33-21(12-15-4-2-3-5-18(15)25(27,28)29)23(34)32-20-11-8-16(30)13-19(20)26/h2-11,13,21-22H,12,31H2,1H3,(H,32,34)(H,33,35)/t21?,22-/m1/s1. The maximum Gasteiger partial charge on any atom is 0.416 e. The van der Waals surface area contributed by atoms with E-state index in [9.17, 15) is 27.2 Å². The summed E-state index contributed by atoms with van der Waals surface area (Å²) in [6.07, 6.45) is -5.18. The molecule has 0 aliphatic heterocycles. The van der Waals surface area contributed by atoms with Gasteiger partial charge in [-0.05, 0) is 70.1 Å². The van der Waals surface area contributed by atoms with Crippen LogP contribution < -0.4 is 21.1 Å². The van der Waals surface area contributed by atoms with E-state index >= 15 is 0 Å². The molecule has 0 aliphatic carbocycles. The highest BCUT2D eigenvalue weighted by Gasteiger charge is 2.35. The van der Waals surface area contributed by atoms with Crippen LogP contribution in [-0.2, 0) is 22.2 Å². The fourth-order valence-corrected chi connectivity index (χ4v) is 3.89. The van der Waals surface area contributed by atoms with Crippen molar-refractivity contribution >= 4 is 40.1 Å². The number of benzene rings is 3. The van der Waals surface area contributed by atoms with E-state index < -0.39 is 47.9 Å². The maximum atomic E-state index is 14.3. The highest BCUT2D eigenvalue weighted by atomic mass is 127. The smallest absolute Gasteiger partial charge is 0.416 e. The molecule has 0 heterocycles. The Balaban J connectivity index is 1.89. The first-order valence-corrected chi connectivity index (χ1v) is 11.7. The minimum Gasteiger partial charge on any atom is -0.497 e. The lowest BCUT2D eigenvalue weighted by Crippen LogP contribution is -2.48. The Morgan fingerprint density at radius 3 is 2.31 bits per heavy atom. The normalized spacial score (nSPS) is 13.0. The second kappa shape index (κ2) is 11.7. The fraction of sp³-hybridized carbons (Fsp3) is 0.200. The van der Waals surface area contributed by atoms with Gasteiger partial charge in [-0.1, -0.05) is 30.3 Å². The van der Waals surface area contributed by atoms with Crippen molar-refractivity contribution in [2.75, 3.05) is 12.4 Å². The lowest BCUT2D eigenvalue weighted by Gasteiger charge is -2.23. The summed E-state index contributed by atoms with van der Waals surface area (Å²) in [6.45, 7) is 0. The summed E-state index contributed by atoms with van der Waals surface area (Å²) >= 11 is 1.89. The first kappa shape index (κ1) is 27.4. The van der Waals surface area contributed by atoms with Gasteiger partial charge in [0.1, 0.15) is 23.7 Å². The third-order valence-electron chi connectivity index (χ3n) is 5.33. The number of rotatable bonds is 8. The van der Waals surface area contributed by atoms with Gasteiger partial charge < -0.3 is 21.1 Å². The van der Waals surface area contributed by atoms with Crippen LogP contribution in [0.3, 0.4) is 0 Å². The number of nitrogens with one attached hydrogen (secondary N) is 2. The van der Waals surface area contributed by atoms with Crippen molar-refractivity contribution in [1.82, 2.24) is 5.32 Å². The van der Waals surface area contributed by atoms with E-state index in [1.807, 2.05) is 22.6 Å². The van der Waals surface area contributed by atoms with Crippen molar-refractivity contribution in [1.29, 1.82) is 0 Å². The van der Waals surface area contributed by atoms with E-state index in [1.165, 1.54) is 37.4 Å². The van der Waals surface area contributed by atoms with E-state index in [4.69, 9.17) is 10.5 Å². The predicted octanol–water partition coefficient (Wildman–Crippen LogP) is 4.82. The summed E-state index contributed by atoms with van der Waals surface area (Å²) in [6, 6.07) is 12.3. The molecule has 0 spiro atoms. The molecule has 190 valence electrons. The molecule has 2 amide bonds. The highest BCUT2D eigenvalue weighted by molar-refractivity contribution is 14.1. The highest BCUT2D eigenvalue weighted by Crippen LogP contribution is 2.32. The number of alkyl halides is 3. The van der Waals surface area contributed by atoms with Crippen molar-refractivity contribution in [3.63, 3.8) is 0 Å². The number of carbonyl (C=O) groups is 2. The van der Waals surface area contributed by atoms with Crippen LogP contribution in [0.2, 0.25) is 0 Å². The Labute approximate surface area is 218 Å². The molecular weight excluding hydrogens is 593 g/mol. The van der Waals surface area contributed by atoms with Crippen LogP contribution >= 0.6 is 22.6 Å². The van der Waals surface area contributed by atoms with Gasteiger partial charge in [-0.25, -0.2) is 4.39 Å². The first-order valence-electron chi connectivity index (χ1n) is 10.6. The number of ether oxygens (including phenoxy) is 1. The number of carbonyl (C=O) groups excluding carboxylic acids is 2. The van der Waals surface area contributed by atoms with Crippen LogP contribution in [-0.4, -0.2) is 25.0 Å². The van der Waals surface area contributed by atoms with Gasteiger partial charge in [-0.15, -0.1) is 0 Å². The molecule has 1 unspecified atom stereocenters. The Bertz CT molecular complexity index is 1240. The number of nitrogens with two attached hydrogens (primary N) is 1.